The topological polar surface area (TPSA) is 52.6 Å². The van der Waals surface area contributed by atoms with Crippen LogP contribution in [0.25, 0.3) is 0 Å². The molecule has 126 valence electrons. The molecular weight excluding hydrogens is 307 g/mol. The second-order valence-electron chi connectivity index (χ2n) is 6.06. The summed E-state index contributed by atoms with van der Waals surface area (Å²) < 4.78 is 13.9. The first-order valence-corrected chi connectivity index (χ1v) is 8.18. The van der Waals surface area contributed by atoms with Gasteiger partial charge >= 0.3 is 0 Å². The molecule has 1 aliphatic heterocycles. The van der Waals surface area contributed by atoms with E-state index in [9.17, 15) is 14.3 Å². The van der Waals surface area contributed by atoms with E-state index < -0.39 is 12.0 Å². The minimum Gasteiger partial charge on any atom is -0.378 e. The van der Waals surface area contributed by atoms with Crippen LogP contribution in [0.1, 0.15) is 24.5 Å². The summed E-state index contributed by atoms with van der Waals surface area (Å²) in [4.78, 5) is 14.2. The minimum absolute atomic E-state index is 0.107. The number of aliphatic hydroxyl groups excluding tert-OH is 1. The van der Waals surface area contributed by atoms with Gasteiger partial charge in [-0.1, -0.05) is 42.5 Å². The van der Waals surface area contributed by atoms with E-state index in [-0.39, 0.29) is 11.9 Å². The van der Waals surface area contributed by atoms with Gasteiger partial charge in [0.15, 0.2) is 6.10 Å². The molecule has 0 spiro atoms. The molecule has 0 bridgehead atoms. The van der Waals surface area contributed by atoms with E-state index in [1.807, 2.05) is 11.0 Å². The van der Waals surface area contributed by atoms with Gasteiger partial charge in [-0.2, -0.15) is 0 Å². The molecule has 0 saturated carbocycles. The number of piperidine rings is 1. The number of anilines is 1. The molecule has 1 aliphatic rings. The number of rotatable bonds is 4. The largest absolute Gasteiger partial charge is 0.378 e. The second kappa shape index (κ2) is 7.45. The number of carbonyl (C=O) groups excluding carboxylic acids is 1. The molecule has 4 nitrogen and oxygen atoms in total. The fourth-order valence-electron chi connectivity index (χ4n) is 3.09. The highest BCUT2D eigenvalue weighted by Crippen LogP contribution is 2.23. The van der Waals surface area contributed by atoms with Crippen LogP contribution >= 0.6 is 0 Å². The lowest BCUT2D eigenvalue weighted by Gasteiger charge is -2.35. The predicted octanol–water partition coefficient (Wildman–Crippen LogP) is 2.64. The maximum absolute atomic E-state index is 13.9. The molecule has 2 aromatic rings. The number of hydrogen-bond acceptors (Lipinski definition) is 3. The standard InChI is InChI=1S/C19H21FN2O2/c20-16-10-4-5-11-17(16)22-12-6-9-15(13-22)21-19(24)18(23)14-7-2-1-3-8-14/h1-5,7-8,10-11,15,18,23H,6,9,12-13H2,(H,21,24). The van der Waals surface area contributed by atoms with E-state index in [0.717, 1.165) is 19.4 Å². The quantitative estimate of drug-likeness (QED) is 0.907. The Balaban J connectivity index is 1.63. The summed E-state index contributed by atoms with van der Waals surface area (Å²) >= 11 is 0. The van der Waals surface area contributed by atoms with Crippen LogP contribution < -0.4 is 10.2 Å². The number of para-hydroxylation sites is 1. The Bertz CT molecular complexity index is 693. The second-order valence-corrected chi connectivity index (χ2v) is 6.06. The van der Waals surface area contributed by atoms with Gasteiger partial charge in [-0.05, 0) is 30.5 Å². The molecule has 0 aromatic heterocycles. The highest BCUT2D eigenvalue weighted by atomic mass is 19.1. The minimum atomic E-state index is -1.19. The fourth-order valence-corrected chi connectivity index (χ4v) is 3.09. The molecule has 24 heavy (non-hydrogen) atoms. The molecule has 2 aromatic carbocycles. The Labute approximate surface area is 140 Å². The summed E-state index contributed by atoms with van der Waals surface area (Å²) in [6.07, 6.45) is 0.494. The van der Waals surface area contributed by atoms with Crippen molar-refractivity contribution in [1.82, 2.24) is 5.32 Å². The summed E-state index contributed by atoms with van der Waals surface area (Å²) in [5, 5.41) is 13.0. The van der Waals surface area contributed by atoms with Gasteiger partial charge in [0, 0.05) is 19.1 Å². The van der Waals surface area contributed by atoms with Crippen molar-refractivity contribution in [1.29, 1.82) is 0 Å². The van der Waals surface area contributed by atoms with E-state index in [2.05, 4.69) is 5.32 Å². The Kier molecular flexibility index (Phi) is 5.11. The van der Waals surface area contributed by atoms with Crippen LogP contribution in [0, 0.1) is 5.82 Å². The summed E-state index contributed by atoms with van der Waals surface area (Å²) in [5.41, 5.74) is 1.12. The van der Waals surface area contributed by atoms with Crippen LogP contribution in [0.15, 0.2) is 54.6 Å². The van der Waals surface area contributed by atoms with Crippen molar-refractivity contribution in [2.24, 2.45) is 0 Å². The molecule has 0 radical (unpaired) electrons. The monoisotopic (exact) mass is 328 g/mol. The van der Waals surface area contributed by atoms with Crippen molar-refractivity contribution in [3.05, 3.63) is 66.0 Å². The molecule has 1 fully saturated rings. The number of hydrogen-bond donors (Lipinski definition) is 2. The third kappa shape index (κ3) is 3.74. The summed E-state index contributed by atoms with van der Waals surface area (Å²) in [5.74, 6) is -0.671. The van der Waals surface area contributed by atoms with E-state index >= 15 is 0 Å². The number of carbonyl (C=O) groups is 1. The number of aliphatic hydroxyl groups is 1. The van der Waals surface area contributed by atoms with Gasteiger partial charge in [0.25, 0.3) is 5.91 Å². The molecule has 5 heteroatoms. The maximum atomic E-state index is 13.9. The lowest BCUT2D eigenvalue weighted by Crippen LogP contribution is -2.49. The third-order valence-corrected chi connectivity index (χ3v) is 4.32. The van der Waals surface area contributed by atoms with Gasteiger partial charge in [-0.3, -0.25) is 4.79 Å². The lowest BCUT2D eigenvalue weighted by molar-refractivity contribution is -0.130. The van der Waals surface area contributed by atoms with Crippen LogP contribution in [-0.4, -0.2) is 30.1 Å². The predicted molar refractivity (Wildman–Crippen MR) is 91.2 cm³/mol. The zero-order chi connectivity index (χ0) is 16.9. The summed E-state index contributed by atoms with van der Waals surface area (Å²) in [6.45, 7) is 1.29. The summed E-state index contributed by atoms with van der Waals surface area (Å²) in [7, 11) is 0. The molecular formula is C19H21FN2O2. The van der Waals surface area contributed by atoms with Gasteiger partial charge in [0.1, 0.15) is 5.82 Å². The molecule has 1 amide bonds. The number of nitrogens with zero attached hydrogens (tertiary/aromatic N) is 1. The number of amides is 1. The first kappa shape index (κ1) is 16.5. The van der Waals surface area contributed by atoms with E-state index in [0.29, 0.717) is 17.8 Å². The first-order chi connectivity index (χ1) is 11.6. The van der Waals surface area contributed by atoms with Gasteiger partial charge in [-0.15, -0.1) is 0 Å². The highest BCUT2D eigenvalue weighted by molar-refractivity contribution is 5.82. The van der Waals surface area contributed by atoms with Gasteiger partial charge in [0.05, 0.1) is 5.69 Å². The molecule has 3 rings (SSSR count). The van der Waals surface area contributed by atoms with Crippen molar-refractivity contribution >= 4 is 11.6 Å². The molecule has 0 aliphatic carbocycles. The van der Waals surface area contributed by atoms with Crippen LogP contribution in [-0.2, 0) is 4.79 Å². The number of halogens is 1. The summed E-state index contributed by atoms with van der Waals surface area (Å²) in [6, 6.07) is 15.4. The Morgan fingerprint density at radius 3 is 2.62 bits per heavy atom. The van der Waals surface area contributed by atoms with Crippen LogP contribution in [0.4, 0.5) is 10.1 Å². The number of benzene rings is 2. The maximum Gasteiger partial charge on any atom is 0.253 e. The molecule has 2 N–H and O–H groups in total. The SMILES string of the molecule is O=C(NC1CCCN(c2ccccc2F)C1)C(O)c1ccccc1. The van der Waals surface area contributed by atoms with E-state index in [4.69, 9.17) is 0 Å². The lowest BCUT2D eigenvalue weighted by atomic mass is 10.0. The molecule has 1 saturated heterocycles. The normalized spacial score (nSPS) is 18.9. The van der Waals surface area contributed by atoms with Crippen LogP contribution in [0.3, 0.4) is 0 Å². The highest BCUT2D eigenvalue weighted by Gasteiger charge is 2.26. The van der Waals surface area contributed by atoms with E-state index in [1.54, 1.807) is 42.5 Å². The van der Waals surface area contributed by atoms with Crippen LogP contribution in [0.2, 0.25) is 0 Å². The van der Waals surface area contributed by atoms with Gasteiger partial charge < -0.3 is 15.3 Å². The average Bonchev–Trinajstić information content (AvgIpc) is 2.62. The van der Waals surface area contributed by atoms with Crippen molar-refractivity contribution < 1.29 is 14.3 Å². The molecule has 2 unspecified atom stereocenters. The van der Waals surface area contributed by atoms with Gasteiger partial charge in [-0.25, -0.2) is 4.39 Å². The van der Waals surface area contributed by atoms with Crippen molar-refractivity contribution in [2.75, 3.05) is 18.0 Å². The van der Waals surface area contributed by atoms with Crippen molar-refractivity contribution in [2.45, 2.75) is 25.0 Å². The van der Waals surface area contributed by atoms with Crippen LogP contribution in [0.5, 0.6) is 0 Å². The molecule has 1 heterocycles. The smallest absolute Gasteiger partial charge is 0.253 e. The zero-order valence-electron chi connectivity index (χ0n) is 13.4. The Morgan fingerprint density at radius 1 is 1.17 bits per heavy atom. The average molecular weight is 328 g/mol. The first-order valence-electron chi connectivity index (χ1n) is 8.18. The Morgan fingerprint density at radius 2 is 1.88 bits per heavy atom. The van der Waals surface area contributed by atoms with Crippen molar-refractivity contribution in [3.63, 3.8) is 0 Å². The molecule has 2 atom stereocenters. The van der Waals surface area contributed by atoms with Gasteiger partial charge in [0.2, 0.25) is 0 Å². The number of nitrogens with one attached hydrogen (secondary N) is 1. The Hall–Kier alpha value is -2.40. The van der Waals surface area contributed by atoms with E-state index in [1.165, 1.54) is 6.07 Å². The fraction of sp³-hybridized carbons (Fsp3) is 0.316. The zero-order valence-corrected chi connectivity index (χ0v) is 13.4. The van der Waals surface area contributed by atoms with Crippen molar-refractivity contribution in [3.8, 4) is 0 Å². The third-order valence-electron chi connectivity index (χ3n) is 4.32.